The van der Waals surface area contributed by atoms with Crippen LogP contribution in [0.4, 0.5) is 0 Å². The lowest BCUT2D eigenvalue weighted by atomic mass is 10.1. The summed E-state index contributed by atoms with van der Waals surface area (Å²) in [7, 11) is 4.64. The van der Waals surface area contributed by atoms with Crippen molar-refractivity contribution in [2.45, 2.75) is 33.2 Å². The van der Waals surface area contributed by atoms with Gasteiger partial charge in [-0.15, -0.1) is 0 Å². The topological polar surface area (TPSA) is 69.9 Å². The van der Waals surface area contributed by atoms with Crippen LogP contribution >= 0.6 is 0 Å². The molecule has 1 aromatic heterocycles. The van der Waals surface area contributed by atoms with E-state index in [-0.39, 0.29) is 18.4 Å². The molecule has 1 N–H and O–H groups in total. The van der Waals surface area contributed by atoms with Crippen LogP contribution in [-0.4, -0.2) is 27.2 Å². The van der Waals surface area contributed by atoms with E-state index in [9.17, 15) is 4.79 Å². The molecular weight excluding hydrogens is 322 g/mol. The van der Waals surface area contributed by atoms with Crippen molar-refractivity contribution in [1.29, 1.82) is 0 Å². The van der Waals surface area contributed by atoms with E-state index in [4.69, 9.17) is 18.6 Å². The number of hydrogen-bond acceptors (Lipinski definition) is 5. The molecule has 0 aliphatic heterocycles. The minimum absolute atomic E-state index is 0.0972. The zero-order chi connectivity index (χ0) is 18.6. The Morgan fingerprint density at radius 3 is 2.12 bits per heavy atom. The number of aryl methyl sites for hydroxylation is 2. The van der Waals surface area contributed by atoms with Crippen LogP contribution in [0.25, 0.3) is 0 Å². The fraction of sp³-hybridized carbons (Fsp3) is 0.421. The van der Waals surface area contributed by atoms with E-state index in [2.05, 4.69) is 5.32 Å². The first kappa shape index (κ1) is 18.7. The highest BCUT2D eigenvalue weighted by Crippen LogP contribution is 2.38. The van der Waals surface area contributed by atoms with Crippen LogP contribution in [0.15, 0.2) is 22.6 Å². The van der Waals surface area contributed by atoms with Gasteiger partial charge < -0.3 is 23.9 Å². The maximum Gasteiger partial charge on any atom is 0.224 e. The summed E-state index contributed by atoms with van der Waals surface area (Å²) in [6.45, 7) is 5.72. The van der Waals surface area contributed by atoms with Crippen LogP contribution in [-0.2, 0) is 11.2 Å². The highest BCUT2D eigenvalue weighted by Gasteiger charge is 2.18. The molecule has 2 aromatic rings. The molecule has 1 unspecified atom stereocenters. The average molecular weight is 347 g/mol. The normalized spacial score (nSPS) is 11.8. The number of furan rings is 1. The first-order valence-electron chi connectivity index (χ1n) is 8.04. The Kier molecular flexibility index (Phi) is 5.96. The van der Waals surface area contributed by atoms with Crippen molar-refractivity contribution in [3.05, 3.63) is 40.8 Å². The highest BCUT2D eigenvalue weighted by molar-refractivity contribution is 5.79. The number of hydrogen-bond donors (Lipinski definition) is 1. The van der Waals surface area contributed by atoms with Crippen LogP contribution in [0.1, 0.15) is 35.6 Å². The lowest BCUT2D eigenvalue weighted by Gasteiger charge is -2.16. The smallest absolute Gasteiger partial charge is 0.224 e. The SMILES string of the molecule is COc1cc(CC(=O)NC(C)c2cc(C)oc2C)cc(OC)c1OC. The van der Waals surface area contributed by atoms with Gasteiger partial charge in [-0.2, -0.15) is 0 Å². The van der Waals surface area contributed by atoms with Crippen LogP contribution < -0.4 is 19.5 Å². The first-order valence-corrected chi connectivity index (χ1v) is 8.04. The Morgan fingerprint density at radius 1 is 1.08 bits per heavy atom. The summed E-state index contributed by atoms with van der Waals surface area (Å²) < 4.78 is 21.5. The number of carbonyl (C=O) groups excluding carboxylic acids is 1. The molecule has 0 saturated carbocycles. The number of ether oxygens (including phenoxy) is 3. The number of nitrogens with one attached hydrogen (secondary N) is 1. The van der Waals surface area contributed by atoms with Gasteiger partial charge in [0.2, 0.25) is 11.7 Å². The fourth-order valence-electron chi connectivity index (χ4n) is 2.87. The summed E-state index contributed by atoms with van der Waals surface area (Å²) in [5, 5.41) is 2.99. The van der Waals surface area contributed by atoms with E-state index in [0.717, 1.165) is 22.6 Å². The summed E-state index contributed by atoms with van der Waals surface area (Å²) in [4.78, 5) is 12.4. The molecule has 0 aliphatic rings. The van der Waals surface area contributed by atoms with Crippen molar-refractivity contribution < 1.29 is 23.4 Å². The van der Waals surface area contributed by atoms with Gasteiger partial charge in [-0.3, -0.25) is 4.79 Å². The third kappa shape index (κ3) is 4.26. The predicted molar refractivity (Wildman–Crippen MR) is 94.5 cm³/mol. The molecule has 1 amide bonds. The lowest BCUT2D eigenvalue weighted by Crippen LogP contribution is -2.28. The Morgan fingerprint density at radius 2 is 1.68 bits per heavy atom. The van der Waals surface area contributed by atoms with Crippen LogP contribution in [0, 0.1) is 13.8 Å². The minimum atomic E-state index is -0.132. The van der Waals surface area contributed by atoms with Gasteiger partial charge in [-0.05, 0) is 44.5 Å². The van der Waals surface area contributed by atoms with Crippen molar-refractivity contribution >= 4 is 5.91 Å². The Balaban J connectivity index is 2.13. The maximum atomic E-state index is 12.4. The molecule has 6 heteroatoms. The molecule has 2 rings (SSSR count). The largest absolute Gasteiger partial charge is 0.493 e. The standard InChI is InChI=1S/C19H25NO5/c1-11-7-15(13(3)25-11)12(2)20-18(21)10-14-8-16(22-4)19(24-6)17(9-14)23-5/h7-9,12H,10H2,1-6H3,(H,20,21). The van der Waals surface area contributed by atoms with E-state index >= 15 is 0 Å². The van der Waals surface area contributed by atoms with E-state index in [0.29, 0.717) is 17.2 Å². The fourth-order valence-corrected chi connectivity index (χ4v) is 2.87. The molecule has 0 fully saturated rings. The average Bonchev–Trinajstić information content (AvgIpc) is 2.92. The number of methoxy groups -OCH3 is 3. The van der Waals surface area contributed by atoms with Crippen LogP contribution in [0.2, 0.25) is 0 Å². The molecule has 136 valence electrons. The number of amides is 1. The molecule has 25 heavy (non-hydrogen) atoms. The zero-order valence-electron chi connectivity index (χ0n) is 15.6. The molecule has 1 heterocycles. The van der Waals surface area contributed by atoms with Gasteiger partial charge in [0.15, 0.2) is 11.5 Å². The summed E-state index contributed by atoms with van der Waals surface area (Å²) in [5.41, 5.74) is 1.76. The third-order valence-corrected chi connectivity index (χ3v) is 4.01. The van der Waals surface area contributed by atoms with Crippen molar-refractivity contribution in [2.75, 3.05) is 21.3 Å². The van der Waals surface area contributed by atoms with Gasteiger partial charge in [0, 0.05) is 5.56 Å². The molecule has 0 aliphatic carbocycles. The molecule has 1 atom stereocenters. The van der Waals surface area contributed by atoms with Crippen LogP contribution in [0.3, 0.4) is 0 Å². The predicted octanol–water partition coefficient (Wildman–Crippen LogP) is 3.34. The molecule has 0 saturated heterocycles. The second kappa shape index (κ2) is 7.96. The van der Waals surface area contributed by atoms with Crippen LogP contribution in [0.5, 0.6) is 17.2 Å². The number of carbonyl (C=O) groups is 1. The van der Waals surface area contributed by atoms with E-state index in [1.165, 1.54) is 0 Å². The highest BCUT2D eigenvalue weighted by atomic mass is 16.5. The zero-order valence-corrected chi connectivity index (χ0v) is 15.6. The van der Waals surface area contributed by atoms with E-state index in [1.807, 2.05) is 26.8 Å². The van der Waals surface area contributed by atoms with Crippen molar-refractivity contribution in [3.63, 3.8) is 0 Å². The van der Waals surface area contributed by atoms with E-state index < -0.39 is 0 Å². The molecule has 0 spiro atoms. The van der Waals surface area contributed by atoms with Gasteiger partial charge in [-0.1, -0.05) is 0 Å². The Labute approximate surface area is 148 Å². The van der Waals surface area contributed by atoms with Gasteiger partial charge in [-0.25, -0.2) is 0 Å². The second-order valence-electron chi connectivity index (χ2n) is 5.87. The van der Waals surface area contributed by atoms with Gasteiger partial charge in [0.1, 0.15) is 11.5 Å². The first-order chi connectivity index (χ1) is 11.9. The molecular formula is C19H25NO5. The van der Waals surface area contributed by atoms with Gasteiger partial charge in [0.25, 0.3) is 0 Å². The summed E-state index contributed by atoms with van der Waals surface area (Å²) in [6.07, 6.45) is 0.205. The molecule has 1 aromatic carbocycles. The monoisotopic (exact) mass is 347 g/mol. The second-order valence-corrected chi connectivity index (χ2v) is 5.87. The number of rotatable bonds is 7. The lowest BCUT2D eigenvalue weighted by molar-refractivity contribution is -0.121. The quantitative estimate of drug-likeness (QED) is 0.832. The summed E-state index contributed by atoms with van der Waals surface area (Å²) >= 11 is 0. The van der Waals surface area contributed by atoms with Crippen molar-refractivity contribution in [3.8, 4) is 17.2 Å². The number of benzene rings is 1. The van der Waals surface area contributed by atoms with E-state index in [1.54, 1.807) is 33.5 Å². The third-order valence-electron chi connectivity index (χ3n) is 4.01. The Bertz CT molecular complexity index is 725. The van der Waals surface area contributed by atoms with Gasteiger partial charge >= 0.3 is 0 Å². The molecule has 0 radical (unpaired) electrons. The minimum Gasteiger partial charge on any atom is -0.493 e. The van der Waals surface area contributed by atoms with Crippen molar-refractivity contribution in [1.82, 2.24) is 5.32 Å². The Hall–Kier alpha value is -2.63. The molecule has 0 bridgehead atoms. The maximum absolute atomic E-state index is 12.4. The van der Waals surface area contributed by atoms with Gasteiger partial charge in [0.05, 0.1) is 33.8 Å². The summed E-state index contributed by atoms with van der Waals surface area (Å²) in [6, 6.07) is 5.37. The summed E-state index contributed by atoms with van der Waals surface area (Å²) in [5.74, 6) is 3.11. The molecule has 6 nitrogen and oxygen atoms in total. The van der Waals surface area contributed by atoms with Crippen molar-refractivity contribution in [2.24, 2.45) is 0 Å².